The van der Waals surface area contributed by atoms with Crippen LogP contribution in [0.15, 0.2) is 30.3 Å². The molecule has 0 radical (unpaired) electrons. The highest BCUT2D eigenvalue weighted by Crippen LogP contribution is 2.02. The first-order valence-electron chi connectivity index (χ1n) is 5.74. The third kappa shape index (κ3) is 4.03. The number of rotatable bonds is 6. The first kappa shape index (κ1) is 12.7. The summed E-state index contributed by atoms with van der Waals surface area (Å²) in [6, 6.07) is 9.96. The van der Waals surface area contributed by atoms with Crippen LogP contribution < -0.4 is 10.6 Å². The van der Waals surface area contributed by atoms with Crippen molar-refractivity contribution in [1.82, 2.24) is 10.6 Å². The number of nitrogens with one attached hydrogen (secondary N) is 2. The molecule has 3 nitrogen and oxygen atoms in total. The maximum absolute atomic E-state index is 11.8. The third-order valence-electron chi connectivity index (χ3n) is 2.62. The molecular formula is C13H20N2O. The lowest BCUT2D eigenvalue weighted by atomic mass is 10.1. The molecule has 0 aliphatic carbocycles. The van der Waals surface area contributed by atoms with Gasteiger partial charge in [0.05, 0.1) is 5.92 Å². The van der Waals surface area contributed by atoms with E-state index in [1.54, 1.807) is 0 Å². The highest BCUT2D eigenvalue weighted by Gasteiger charge is 2.14. The van der Waals surface area contributed by atoms with Crippen LogP contribution in [0.1, 0.15) is 18.9 Å². The molecule has 1 rings (SSSR count). The van der Waals surface area contributed by atoms with Gasteiger partial charge in [0.15, 0.2) is 0 Å². The van der Waals surface area contributed by atoms with Crippen molar-refractivity contribution in [3.8, 4) is 0 Å². The maximum Gasteiger partial charge on any atom is 0.224 e. The van der Waals surface area contributed by atoms with Crippen LogP contribution in [0.25, 0.3) is 0 Å². The van der Waals surface area contributed by atoms with Crippen molar-refractivity contribution in [2.75, 3.05) is 13.6 Å². The third-order valence-corrected chi connectivity index (χ3v) is 2.62. The first-order valence-corrected chi connectivity index (χ1v) is 5.74. The van der Waals surface area contributed by atoms with Gasteiger partial charge in [-0.25, -0.2) is 0 Å². The molecule has 0 saturated carbocycles. The van der Waals surface area contributed by atoms with E-state index in [1.807, 2.05) is 44.3 Å². The number of hydrogen-bond acceptors (Lipinski definition) is 2. The van der Waals surface area contributed by atoms with E-state index in [1.165, 1.54) is 0 Å². The average molecular weight is 220 g/mol. The minimum atomic E-state index is 0.0636. The van der Waals surface area contributed by atoms with Gasteiger partial charge in [-0.1, -0.05) is 37.3 Å². The Morgan fingerprint density at radius 3 is 2.56 bits per heavy atom. The standard InChI is InChI=1S/C13H20N2O/c1-3-12(10-14-2)13(16)15-9-11-7-5-4-6-8-11/h4-8,12,14H,3,9-10H2,1-2H3,(H,15,16). The topological polar surface area (TPSA) is 41.1 Å². The molecule has 1 amide bonds. The molecule has 0 aliphatic heterocycles. The molecule has 0 fully saturated rings. The minimum absolute atomic E-state index is 0.0636. The smallest absolute Gasteiger partial charge is 0.224 e. The molecule has 0 bridgehead atoms. The Morgan fingerprint density at radius 2 is 2.00 bits per heavy atom. The predicted molar refractivity (Wildman–Crippen MR) is 66.0 cm³/mol. The van der Waals surface area contributed by atoms with Gasteiger partial charge < -0.3 is 10.6 Å². The van der Waals surface area contributed by atoms with E-state index in [0.29, 0.717) is 6.54 Å². The summed E-state index contributed by atoms with van der Waals surface area (Å²) in [6.07, 6.45) is 0.863. The Balaban J connectivity index is 2.40. The van der Waals surface area contributed by atoms with Crippen molar-refractivity contribution in [2.24, 2.45) is 5.92 Å². The van der Waals surface area contributed by atoms with Crippen LogP contribution in [0.4, 0.5) is 0 Å². The van der Waals surface area contributed by atoms with Gasteiger partial charge in [0.1, 0.15) is 0 Å². The number of amides is 1. The summed E-state index contributed by atoms with van der Waals surface area (Å²) in [5, 5.41) is 5.99. The quantitative estimate of drug-likeness (QED) is 0.763. The van der Waals surface area contributed by atoms with Gasteiger partial charge >= 0.3 is 0 Å². The van der Waals surface area contributed by atoms with Crippen LogP contribution in [0.5, 0.6) is 0 Å². The maximum atomic E-state index is 11.8. The summed E-state index contributed by atoms with van der Waals surface area (Å²) < 4.78 is 0. The van der Waals surface area contributed by atoms with Gasteiger partial charge in [-0.3, -0.25) is 4.79 Å². The Labute approximate surface area is 97.2 Å². The molecule has 1 atom stereocenters. The van der Waals surface area contributed by atoms with E-state index in [0.717, 1.165) is 18.5 Å². The lowest BCUT2D eigenvalue weighted by Gasteiger charge is -2.14. The molecule has 1 aromatic rings. The molecule has 2 N–H and O–H groups in total. The molecule has 1 aromatic carbocycles. The molecule has 3 heteroatoms. The van der Waals surface area contributed by atoms with Crippen molar-refractivity contribution in [1.29, 1.82) is 0 Å². The molecule has 88 valence electrons. The molecule has 1 unspecified atom stereocenters. The van der Waals surface area contributed by atoms with E-state index >= 15 is 0 Å². The fourth-order valence-electron chi connectivity index (χ4n) is 1.60. The summed E-state index contributed by atoms with van der Waals surface area (Å²) in [5.41, 5.74) is 1.13. The molecule has 0 heterocycles. The molecule has 0 aliphatic rings. The summed E-state index contributed by atoms with van der Waals surface area (Å²) in [5.74, 6) is 0.189. The molecular weight excluding hydrogens is 200 g/mol. The number of benzene rings is 1. The van der Waals surface area contributed by atoms with E-state index < -0.39 is 0 Å². The zero-order valence-corrected chi connectivity index (χ0v) is 9.99. The van der Waals surface area contributed by atoms with Gasteiger partial charge in [0.25, 0.3) is 0 Å². The van der Waals surface area contributed by atoms with Gasteiger partial charge in [0, 0.05) is 13.1 Å². The summed E-state index contributed by atoms with van der Waals surface area (Å²) >= 11 is 0. The van der Waals surface area contributed by atoms with Crippen molar-refractivity contribution in [3.63, 3.8) is 0 Å². The zero-order chi connectivity index (χ0) is 11.8. The van der Waals surface area contributed by atoms with Gasteiger partial charge in [-0.2, -0.15) is 0 Å². The molecule has 16 heavy (non-hydrogen) atoms. The predicted octanol–water partition coefficient (Wildman–Crippen LogP) is 1.55. The van der Waals surface area contributed by atoms with E-state index in [2.05, 4.69) is 10.6 Å². The Bertz CT molecular complexity index is 311. The van der Waals surface area contributed by atoms with Crippen LogP contribution >= 0.6 is 0 Å². The average Bonchev–Trinajstić information content (AvgIpc) is 2.34. The fraction of sp³-hybridized carbons (Fsp3) is 0.462. The molecule has 0 spiro atoms. The summed E-state index contributed by atoms with van der Waals surface area (Å²) in [7, 11) is 1.87. The van der Waals surface area contributed by atoms with E-state index in [-0.39, 0.29) is 11.8 Å². The lowest BCUT2D eigenvalue weighted by Crippen LogP contribution is -2.35. The highest BCUT2D eigenvalue weighted by molar-refractivity contribution is 5.78. The second kappa shape index (κ2) is 7.01. The first-order chi connectivity index (χ1) is 7.77. The lowest BCUT2D eigenvalue weighted by molar-refractivity contribution is -0.125. The Hall–Kier alpha value is -1.35. The van der Waals surface area contributed by atoms with Crippen molar-refractivity contribution >= 4 is 5.91 Å². The van der Waals surface area contributed by atoms with Gasteiger partial charge in [0.2, 0.25) is 5.91 Å². The molecule has 0 saturated heterocycles. The largest absolute Gasteiger partial charge is 0.352 e. The SMILES string of the molecule is CCC(CNC)C(=O)NCc1ccccc1. The van der Waals surface area contributed by atoms with Crippen molar-refractivity contribution in [2.45, 2.75) is 19.9 Å². The normalized spacial score (nSPS) is 12.1. The van der Waals surface area contributed by atoms with Crippen LogP contribution in [0.2, 0.25) is 0 Å². The number of carbonyl (C=O) groups excluding carboxylic acids is 1. The Kier molecular flexibility index (Phi) is 5.57. The Morgan fingerprint density at radius 1 is 1.31 bits per heavy atom. The van der Waals surface area contributed by atoms with Gasteiger partial charge in [-0.05, 0) is 19.0 Å². The second-order valence-corrected chi connectivity index (χ2v) is 3.87. The van der Waals surface area contributed by atoms with Crippen LogP contribution in [-0.2, 0) is 11.3 Å². The monoisotopic (exact) mass is 220 g/mol. The number of hydrogen-bond donors (Lipinski definition) is 2. The zero-order valence-electron chi connectivity index (χ0n) is 9.99. The van der Waals surface area contributed by atoms with Crippen LogP contribution in [0.3, 0.4) is 0 Å². The van der Waals surface area contributed by atoms with Crippen LogP contribution in [0, 0.1) is 5.92 Å². The number of carbonyl (C=O) groups is 1. The van der Waals surface area contributed by atoms with E-state index in [4.69, 9.17) is 0 Å². The summed E-state index contributed by atoms with van der Waals surface area (Å²) in [6.45, 7) is 3.38. The minimum Gasteiger partial charge on any atom is -0.352 e. The van der Waals surface area contributed by atoms with Crippen molar-refractivity contribution < 1.29 is 4.79 Å². The summed E-state index contributed by atoms with van der Waals surface area (Å²) in [4.78, 5) is 11.8. The highest BCUT2D eigenvalue weighted by atomic mass is 16.1. The van der Waals surface area contributed by atoms with Gasteiger partial charge in [-0.15, -0.1) is 0 Å². The molecule has 0 aromatic heterocycles. The van der Waals surface area contributed by atoms with Crippen LogP contribution in [-0.4, -0.2) is 19.5 Å². The van der Waals surface area contributed by atoms with E-state index in [9.17, 15) is 4.79 Å². The van der Waals surface area contributed by atoms with Crippen molar-refractivity contribution in [3.05, 3.63) is 35.9 Å². The fourth-order valence-corrected chi connectivity index (χ4v) is 1.60. The second-order valence-electron chi connectivity index (χ2n) is 3.87.